The third-order valence-corrected chi connectivity index (χ3v) is 4.59. The second-order valence-corrected chi connectivity index (χ2v) is 5.62. The predicted octanol–water partition coefficient (Wildman–Crippen LogP) is 1.92. The Labute approximate surface area is 101 Å². The third-order valence-electron chi connectivity index (χ3n) is 3.66. The number of nitrogens with one attached hydrogen (secondary N) is 1. The Balaban J connectivity index is 1.74. The van der Waals surface area contributed by atoms with Crippen LogP contribution in [0.5, 0.6) is 0 Å². The van der Waals surface area contributed by atoms with E-state index in [2.05, 4.69) is 17.2 Å². The van der Waals surface area contributed by atoms with E-state index >= 15 is 0 Å². The van der Waals surface area contributed by atoms with Crippen LogP contribution in [0.1, 0.15) is 29.8 Å². The molecule has 1 aliphatic carbocycles. The normalized spacial score (nSPS) is 25.1. The van der Waals surface area contributed by atoms with Crippen LogP contribution in [0.4, 0.5) is 0 Å². The van der Waals surface area contributed by atoms with E-state index in [0.29, 0.717) is 0 Å². The van der Waals surface area contributed by atoms with E-state index < -0.39 is 0 Å². The van der Waals surface area contributed by atoms with Crippen molar-refractivity contribution >= 4 is 11.3 Å². The molecular weight excluding hydrogens is 218 g/mol. The molecule has 2 atom stereocenters. The fourth-order valence-electron chi connectivity index (χ4n) is 2.56. The number of hydrogen-bond donors (Lipinski definition) is 2. The smallest absolute Gasteiger partial charge is 0.0798 e. The molecule has 1 fully saturated rings. The third kappa shape index (κ3) is 2.81. The molecule has 2 rings (SSSR count). The summed E-state index contributed by atoms with van der Waals surface area (Å²) in [5.74, 6) is 1.54. The van der Waals surface area contributed by atoms with E-state index in [1.54, 1.807) is 11.3 Å². The molecule has 0 aromatic carbocycles. The molecule has 4 heteroatoms. The average molecular weight is 239 g/mol. The molecule has 1 aromatic rings. The van der Waals surface area contributed by atoms with E-state index in [1.165, 1.54) is 29.8 Å². The average Bonchev–Trinajstić information content (AvgIpc) is 2.88. The van der Waals surface area contributed by atoms with Gasteiger partial charge in [-0.05, 0) is 44.7 Å². The van der Waals surface area contributed by atoms with Crippen LogP contribution in [-0.2, 0) is 6.54 Å². The standard InChI is InChI=1S/C12H21N3S/c1-9-12(16-8-15-9)7-14-6-11-4-2-3-10(11)5-13/h8,10-11,14H,2-7,13H2,1H3. The maximum absolute atomic E-state index is 5.78. The van der Waals surface area contributed by atoms with Crippen LogP contribution in [0.3, 0.4) is 0 Å². The van der Waals surface area contributed by atoms with Gasteiger partial charge >= 0.3 is 0 Å². The minimum Gasteiger partial charge on any atom is -0.330 e. The van der Waals surface area contributed by atoms with Crippen molar-refractivity contribution in [2.45, 2.75) is 32.7 Å². The number of aryl methyl sites for hydroxylation is 1. The van der Waals surface area contributed by atoms with Crippen LogP contribution < -0.4 is 11.1 Å². The minimum atomic E-state index is 0.745. The quantitative estimate of drug-likeness (QED) is 0.825. The van der Waals surface area contributed by atoms with Crippen LogP contribution in [0.15, 0.2) is 5.51 Å². The van der Waals surface area contributed by atoms with E-state index in [4.69, 9.17) is 5.73 Å². The maximum Gasteiger partial charge on any atom is 0.0798 e. The van der Waals surface area contributed by atoms with Crippen LogP contribution >= 0.6 is 11.3 Å². The second-order valence-electron chi connectivity index (χ2n) is 4.68. The van der Waals surface area contributed by atoms with Gasteiger partial charge in [0.1, 0.15) is 0 Å². The van der Waals surface area contributed by atoms with Crippen molar-refractivity contribution in [3.05, 3.63) is 16.1 Å². The molecule has 0 aliphatic heterocycles. The zero-order valence-electron chi connectivity index (χ0n) is 9.91. The van der Waals surface area contributed by atoms with E-state index in [9.17, 15) is 0 Å². The lowest BCUT2D eigenvalue weighted by atomic mass is 9.96. The number of aromatic nitrogens is 1. The Hall–Kier alpha value is -0.450. The molecule has 1 aromatic heterocycles. The van der Waals surface area contributed by atoms with Crippen molar-refractivity contribution in [1.29, 1.82) is 0 Å². The molecule has 0 bridgehead atoms. The van der Waals surface area contributed by atoms with Crippen molar-refractivity contribution in [2.24, 2.45) is 17.6 Å². The molecule has 1 aliphatic rings. The van der Waals surface area contributed by atoms with Crippen molar-refractivity contribution in [3.63, 3.8) is 0 Å². The van der Waals surface area contributed by atoms with E-state index in [-0.39, 0.29) is 0 Å². The van der Waals surface area contributed by atoms with Crippen LogP contribution in [0.2, 0.25) is 0 Å². The summed E-state index contributed by atoms with van der Waals surface area (Å²) in [6.07, 6.45) is 4.02. The summed E-state index contributed by atoms with van der Waals surface area (Å²) in [4.78, 5) is 5.62. The van der Waals surface area contributed by atoms with Crippen molar-refractivity contribution < 1.29 is 0 Å². The first-order valence-corrected chi connectivity index (χ1v) is 6.99. The highest BCUT2D eigenvalue weighted by Crippen LogP contribution is 2.30. The second kappa shape index (κ2) is 5.75. The first kappa shape index (κ1) is 12.0. The molecule has 0 amide bonds. The van der Waals surface area contributed by atoms with Gasteiger partial charge in [0, 0.05) is 11.4 Å². The summed E-state index contributed by atoms with van der Waals surface area (Å²) in [5, 5.41) is 3.55. The minimum absolute atomic E-state index is 0.745. The van der Waals surface area contributed by atoms with Gasteiger partial charge in [0.15, 0.2) is 0 Å². The topological polar surface area (TPSA) is 50.9 Å². The highest BCUT2D eigenvalue weighted by Gasteiger charge is 2.25. The summed E-state index contributed by atoms with van der Waals surface area (Å²) in [7, 11) is 0. The number of hydrogen-bond acceptors (Lipinski definition) is 4. The zero-order chi connectivity index (χ0) is 11.4. The highest BCUT2D eigenvalue weighted by atomic mass is 32.1. The fraction of sp³-hybridized carbons (Fsp3) is 0.750. The number of rotatable bonds is 5. The summed E-state index contributed by atoms with van der Waals surface area (Å²) >= 11 is 1.74. The van der Waals surface area contributed by atoms with Crippen molar-refractivity contribution in [1.82, 2.24) is 10.3 Å². The lowest BCUT2D eigenvalue weighted by Gasteiger charge is -2.18. The van der Waals surface area contributed by atoms with Crippen LogP contribution in [0, 0.1) is 18.8 Å². The largest absolute Gasteiger partial charge is 0.330 e. The number of thiazole rings is 1. The number of nitrogens with two attached hydrogens (primary N) is 1. The monoisotopic (exact) mass is 239 g/mol. The predicted molar refractivity (Wildman–Crippen MR) is 68.4 cm³/mol. The van der Waals surface area contributed by atoms with Gasteiger partial charge < -0.3 is 11.1 Å². The molecular formula is C12H21N3S. The highest BCUT2D eigenvalue weighted by molar-refractivity contribution is 7.09. The van der Waals surface area contributed by atoms with Gasteiger partial charge in [-0.25, -0.2) is 4.98 Å². The molecule has 0 spiro atoms. The Morgan fingerprint density at radius 2 is 2.31 bits per heavy atom. The maximum atomic E-state index is 5.78. The lowest BCUT2D eigenvalue weighted by Crippen LogP contribution is -2.28. The van der Waals surface area contributed by atoms with Gasteiger partial charge in [-0.2, -0.15) is 0 Å². The summed E-state index contributed by atoms with van der Waals surface area (Å²) in [6, 6.07) is 0. The van der Waals surface area contributed by atoms with Gasteiger partial charge in [0.05, 0.1) is 11.2 Å². The molecule has 3 nitrogen and oxygen atoms in total. The van der Waals surface area contributed by atoms with Crippen molar-refractivity contribution in [3.8, 4) is 0 Å². The fourth-order valence-corrected chi connectivity index (χ4v) is 3.31. The molecule has 16 heavy (non-hydrogen) atoms. The van der Waals surface area contributed by atoms with Gasteiger partial charge in [0.25, 0.3) is 0 Å². The zero-order valence-corrected chi connectivity index (χ0v) is 10.7. The van der Waals surface area contributed by atoms with Gasteiger partial charge in [-0.3, -0.25) is 0 Å². The molecule has 1 heterocycles. The molecule has 0 saturated heterocycles. The summed E-state index contributed by atoms with van der Waals surface area (Å²) < 4.78 is 0. The van der Waals surface area contributed by atoms with Crippen LogP contribution in [0.25, 0.3) is 0 Å². The molecule has 90 valence electrons. The van der Waals surface area contributed by atoms with E-state index in [1.807, 2.05) is 5.51 Å². The molecule has 2 unspecified atom stereocenters. The molecule has 3 N–H and O–H groups in total. The first-order chi connectivity index (χ1) is 7.81. The van der Waals surface area contributed by atoms with Gasteiger partial charge in [-0.15, -0.1) is 11.3 Å². The summed E-state index contributed by atoms with van der Waals surface area (Å²) in [5.41, 5.74) is 8.87. The molecule has 0 radical (unpaired) electrons. The van der Waals surface area contributed by atoms with Crippen LogP contribution in [-0.4, -0.2) is 18.1 Å². The Morgan fingerprint density at radius 3 is 3.00 bits per heavy atom. The summed E-state index contributed by atoms with van der Waals surface area (Å²) in [6.45, 7) is 5.00. The van der Waals surface area contributed by atoms with Crippen molar-refractivity contribution in [2.75, 3.05) is 13.1 Å². The first-order valence-electron chi connectivity index (χ1n) is 6.11. The lowest BCUT2D eigenvalue weighted by molar-refractivity contribution is 0.374. The van der Waals surface area contributed by atoms with Gasteiger partial charge in [-0.1, -0.05) is 6.42 Å². The Kier molecular flexibility index (Phi) is 4.32. The Bertz CT molecular complexity index is 324. The van der Waals surface area contributed by atoms with E-state index in [0.717, 1.165) is 31.5 Å². The molecule has 1 saturated carbocycles. The SMILES string of the molecule is Cc1ncsc1CNCC1CCCC1CN. The number of nitrogens with zero attached hydrogens (tertiary/aromatic N) is 1. The Morgan fingerprint density at radius 1 is 1.50 bits per heavy atom. The van der Waals surface area contributed by atoms with Gasteiger partial charge in [0.2, 0.25) is 0 Å².